The maximum Gasteiger partial charge on any atom is 0.230 e. The molecule has 6 heteroatoms. The number of rotatable bonds is 4. The van der Waals surface area contributed by atoms with Crippen LogP contribution in [0.2, 0.25) is 0 Å². The monoisotopic (exact) mass is 281 g/mol. The normalized spacial score (nSPS) is 11.8. The Hall–Kier alpha value is -1.82. The van der Waals surface area contributed by atoms with Crippen LogP contribution in [-0.2, 0) is 13.0 Å². The summed E-state index contributed by atoms with van der Waals surface area (Å²) in [7, 11) is 0. The van der Waals surface area contributed by atoms with Crippen molar-refractivity contribution in [3.63, 3.8) is 0 Å². The molecule has 0 fully saturated rings. The third-order valence-electron chi connectivity index (χ3n) is 2.65. The predicted molar refractivity (Wildman–Crippen MR) is 70.1 cm³/mol. The van der Waals surface area contributed by atoms with Gasteiger partial charge in [0.1, 0.15) is 0 Å². The van der Waals surface area contributed by atoms with Gasteiger partial charge in [-0.25, -0.2) is 8.78 Å². The first-order valence-corrected chi connectivity index (χ1v) is 6.34. The fourth-order valence-corrected chi connectivity index (χ4v) is 1.62. The molecule has 20 heavy (non-hydrogen) atoms. The molecule has 108 valence electrons. The highest BCUT2D eigenvalue weighted by Crippen LogP contribution is 2.15. The second-order valence-electron chi connectivity index (χ2n) is 5.58. The first kappa shape index (κ1) is 14.6. The van der Waals surface area contributed by atoms with Crippen molar-refractivity contribution < 1.29 is 13.2 Å². The van der Waals surface area contributed by atoms with Gasteiger partial charge in [0, 0.05) is 11.1 Å². The van der Waals surface area contributed by atoms with E-state index >= 15 is 0 Å². The van der Waals surface area contributed by atoms with Crippen molar-refractivity contribution in [2.24, 2.45) is 0 Å². The van der Waals surface area contributed by atoms with E-state index in [9.17, 15) is 8.78 Å². The van der Waals surface area contributed by atoms with Crippen LogP contribution in [0.3, 0.4) is 0 Å². The fourth-order valence-electron chi connectivity index (χ4n) is 1.62. The van der Waals surface area contributed by atoms with Crippen molar-refractivity contribution in [2.45, 2.75) is 39.3 Å². The minimum Gasteiger partial charge on any atom is -0.424 e. The van der Waals surface area contributed by atoms with Crippen LogP contribution in [0.15, 0.2) is 22.6 Å². The first-order chi connectivity index (χ1) is 9.35. The zero-order valence-electron chi connectivity index (χ0n) is 11.7. The highest BCUT2D eigenvalue weighted by Gasteiger charge is 2.14. The second kappa shape index (κ2) is 5.66. The molecule has 0 aliphatic heterocycles. The van der Waals surface area contributed by atoms with Gasteiger partial charge < -0.3 is 9.73 Å². The van der Waals surface area contributed by atoms with Crippen LogP contribution in [0.25, 0.3) is 0 Å². The van der Waals surface area contributed by atoms with Crippen molar-refractivity contribution in [3.05, 3.63) is 47.2 Å². The molecular formula is C14H17F2N3O. The number of aromatic nitrogens is 2. The average molecular weight is 281 g/mol. The van der Waals surface area contributed by atoms with E-state index in [1.165, 1.54) is 12.1 Å². The second-order valence-corrected chi connectivity index (χ2v) is 5.58. The standard InChI is InChI=1S/C14H17F2N3O/c1-14(2,3)17-8-12-19-18-11(20-12)7-9-5-4-6-10(15)13(9)16/h4-6,17H,7-8H2,1-3H3. The van der Waals surface area contributed by atoms with Gasteiger partial charge >= 0.3 is 0 Å². The quantitative estimate of drug-likeness (QED) is 0.936. The largest absolute Gasteiger partial charge is 0.424 e. The Labute approximate surface area is 116 Å². The van der Waals surface area contributed by atoms with Gasteiger partial charge in [0.25, 0.3) is 0 Å². The molecule has 0 aliphatic carbocycles. The Balaban J connectivity index is 2.04. The molecule has 0 saturated carbocycles. The summed E-state index contributed by atoms with van der Waals surface area (Å²) in [6.45, 7) is 6.49. The third kappa shape index (κ3) is 3.84. The van der Waals surface area contributed by atoms with Crippen molar-refractivity contribution in [1.29, 1.82) is 0 Å². The van der Waals surface area contributed by atoms with Crippen LogP contribution in [0.1, 0.15) is 38.1 Å². The summed E-state index contributed by atoms with van der Waals surface area (Å²) in [4.78, 5) is 0. The Morgan fingerprint density at radius 2 is 1.85 bits per heavy atom. The Morgan fingerprint density at radius 1 is 1.15 bits per heavy atom. The minimum absolute atomic E-state index is 0.0662. The van der Waals surface area contributed by atoms with E-state index in [0.717, 1.165) is 6.07 Å². The summed E-state index contributed by atoms with van der Waals surface area (Å²) in [5.41, 5.74) is 0.132. The molecular weight excluding hydrogens is 264 g/mol. The smallest absolute Gasteiger partial charge is 0.230 e. The molecule has 0 saturated heterocycles. The minimum atomic E-state index is -0.878. The maximum absolute atomic E-state index is 13.5. The van der Waals surface area contributed by atoms with Crippen LogP contribution >= 0.6 is 0 Å². The van der Waals surface area contributed by atoms with Gasteiger partial charge in [0.2, 0.25) is 11.8 Å². The average Bonchev–Trinajstić information content (AvgIpc) is 2.80. The number of benzene rings is 1. The van der Waals surface area contributed by atoms with E-state index in [4.69, 9.17) is 4.42 Å². The Kier molecular flexibility index (Phi) is 4.13. The SMILES string of the molecule is CC(C)(C)NCc1nnc(Cc2cccc(F)c2F)o1. The van der Waals surface area contributed by atoms with Crippen LogP contribution in [-0.4, -0.2) is 15.7 Å². The lowest BCUT2D eigenvalue weighted by Crippen LogP contribution is -2.35. The van der Waals surface area contributed by atoms with Gasteiger partial charge in [-0.15, -0.1) is 10.2 Å². The summed E-state index contributed by atoms with van der Waals surface area (Å²) < 4.78 is 32.0. The van der Waals surface area contributed by atoms with Crippen LogP contribution < -0.4 is 5.32 Å². The highest BCUT2D eigenvalue weighted by atomic mass is 19.2. The molecule has 0 amide bonds. The van der Waals surface area contributed by atoms with E-state index in [1.54, 1.807) is 0 Å². The number of hydrogen-bond acceptors (Lipinski definition) is 4. The molecule has 0 unspecified atom stereocenters. The lowest BCUT2D eigenvalue weighted by atomic mass is 10.1. The van der Waals surface area contributed by atoms with E-state index in [1.807, 2.05) is 20.8 Å². The van der Waals surface area contributed by atoms with E-state index in [-0.39, 0.29) is 23.4 Å². The Morgan fingerprint density at radius 3 is 2.55 bits per heavy atom. The predicted octanol–water partition coefficient (Wildman–Crippen LogP) is 2.83. The molecule has 1 N–H and O–H groups in total. The van der Waals surface area contributed by atoms with Gasteiger partial charge in [0.05, 0.1) is 13.0 Å². The molecule has 0 bridgehead atoms. The fraction of sp³-hybridized carbons (Fsp3) is 0.429. The zero-order chi connectivity index (χ0) is 14.8. The van der Waals surface area contributed by atoms with Gasteiger partial charge in [-0.1, -0.05) is 12.1 Å². The molecule has 2 rings (SSSR count). The summed E-state index contributed by atoms with van der Waals surface area (Å²) in [5.74, 6) is -1.07. The number of nitrogens with zero attached hydrogens (tertiary/aromatic N) is 2. The van der Waals surface area contributed by atoms with Crippen LogP contribution in [0.4, 0.5) is 8.78 Å². The highest BCUT2D eigenvalue weighted by molar-refractivity contribution is 5.21. The third-order valence-corrected chi connectivity index (χ3v) is 2.65. The van der Waals surface area contributed by atoms with E-state index < -0.39 is 11.6 Å². The van der Waals surface area contributed by atoms with Crippen molar-refractivity contribution in [3.8, 4) is 0 Å². The van der Waals surface area contributed by atoms with Crippen molar-refractivity contribution in [1.82, 2.24) is 15.5 Å². The van der Waals surface area contributed by atoms with E-state index in [0.29, 0.717) is 12.4 Å². The van der Waals surface area contributed by atoms with Gasteiger partial charge in [-0.2, -0.15) is 0 Å². The molecule has 1 aromatic heterocycles. The number of nitrogens with one attached hydrogen (secondary N) is 1. The zero-order valence-corrected chi connectivity index (χ0v) is 11.7. The summed E-state index contributed by atoms with van der Waals surface area (Å²) >= 11 is 0. The summed E-state index contributed by atoms with van der Waals surface area (Å²) in [6.07, 6.45) is 0.0755. The molecule has 4 nitrogen and oxygen atoms in total. The summed E-state index contributed by atoms with van der Waals surface area (Å²) in [6, 6.07) is 4.02. The molecule has 0 aliphatic rings. The van der Waals surface area contributed by atoms with Gasteiger partial charge in [-0.05, 0) is 26.8 Å². The van der Waals surface area contributed by atoms with E-state index in [2.05, 4.69) is 15.5 Å². The van der Waals surface area contributed by atoms with Gasteiger partial charge in [0.15, 0.2) is 11.6 Å². The first-order valence-electron chi connectivity index (χ1n) is 6.34. The number of halogens is 2. The number of hydrogen-bond donors (Lipinski definition) is 1. The van der Waals surface area contributed by atoms with Crippen molar-refractivity contribution >= 4 is 0 Å². The molecule has 0 spiro atoms. The van der Waals surface area contributed by atoms with Crippen molar-refractivity contribution in [2.75, 3.05) is 0 Å². The molecule has 1 aromatic carbocycles. The maximum atomic E-state index is 13.5. The van der Waals surface area contributed by atoms with Gasteiger partial charge in [-0.3, -0.25) is 0 Å². The topological polar surface area (TPSA) is 51.0 Å². The lowest BCUT2D eigenvalue weighted by Gasteiger charge is -2.18. The molecule has 0 radical (unpaired) electrons. The molecule has 2 aromatic rings. The molecule has 1 heterocycles. The lowest BCUT2D eigenvalue weighted by molar-refractivity contribution is 0.372. The summed E-state index contributed by atoms with van der Waals surface area (Å²) in [5, 5.41) is 10.9. The Bertz CT molecular complexity index is 590. The molecule has 0 atom stereocenters. The van der Waals surface area contributed by atoms with Crippen LogP contribution in [0, 0.1) is 11.6 Å². The van der Waals surface area contributed by atoms with Crippen LogP contribution in [0.5, 0.6) is 0 Å².